The molecule has 0 saturated carbocycles. The van der Waals surface area contributed by atoms with Gasteiger partial charge in [0.05, 0.1) is 21.1 Å². The number of piperazine rings is 1. The summed E-state index contributed by atoms with van der Waals surface area (Å²) >= 11 is 4.71. The van der Waals surface area contributed by atoms with Crippen molar-refractivity contribution in [2.24, 2.45) is 0 Å². The number of para-hydroxylation sites is 1. The molecule has 6 nitrogen and oxygen atoms in total. The standard InChI is InChI=1S/C26H23BrFN3O3S2/c1-29(36(33,34)21-9-6-19(27)7-10-21)20-8-11-24-18(16-20)17-25(35-24)26(32)31-14-12-30(13-15-31)23-5-3-2-4-22(23)28/h2-11,16-17H,12-15H2,1H3. The lowest BCUT2D eigenvalue weighted by atomic mass is 10.2. The molecule has 1 aliphatic heterocycles. The van der Waals surface area contributed by atoms with E-state index in [2.05, 4.69) is 15.9 Å². The van der Waals surface area contributed by atoms with Gasteiger partial charge in [-0.1, -0.05) is 28.1 Å². The molecule has 36 heavy (non-hydrogen) atoms. The molecule has 2 heterocycles. The number of benzene rings is 3. The zero-order valence-electron chi connectivity index (χ0n) is 19.4. The molecule has 0 atom stereocenters. The second kappa shape index (κ2) is 9.84. The Bertz CT molecular complexity index is 1530. The molecule has 0 bridgehead atoms. The minimum Gasteiger partial charge on any atom is -0.366 e. The molecular formula is C26H23BrFN3O3S2. The van der Waals surface area contributed by atoms with E-state index in [1.807, 2.05) is 23.1 Å². The Labute approximate surface area is 221 Å². The Morgan fingerprint density at radius 3 is 2.36 bits per heavy atom. The van der Waals surface area contributed by atoms with Crippen molar-refractivity contribution >= 4 is 64.7 Å². The molecule has 0 aliphatic carbocycles. The second-order valence-corrected chi connectivity index (χ2v) is 12.5. The van der Waals surface area contributed by atoms with Crippen molar-refractivity contribution < 1.29 is 17.6 Å². The molecule has 0 N–H and O–H groups in total. The lowest BCUT2D eigenvalue weighted by molar-refractivity contribution is 0.0751. The maximum Gasteiger partial charge on any atom is 0.264 e. The fraction of sp³-hybridized carbons (Fsp3) is 0.192. The largest absolute Gasteiger partial charge is 0.366 e. The molecule has 0 spiro atoms. The predicted octanol–water partition coefficient (Wildman–Crippen LogP) is 5.59. The summed E-state index contributed by atoms with van der Waals surface area (Å²) in [6.07, 6.45) is 0. The Morgan fingerprint density at radius 1 is 0.972 bits per heavy atom. The van der Waals surface area contributed by atoms with E-state index in [0.717, 1.165) is 14.6 Å². The Morgan fingerprint density at radius 2 is 1.67 bits per heavy atom. The van der Waals surface area contributed by atoms with Crippen LogP contribution in [0.25, 0.3) is 10.1 Å². The van der Waals surface area contributed by atoms with Crippen LogP contribution in [0.3, 0.4) is 0 Å². The quantitative estimate of drug-likeness (QED) is 0.305. The number of nitrogens with zero attached hydrogens (tertiary/aromatic N) is 3. The first-order valence-electron chi connectivity index (χ1n) is 11.3. The van der Waals surface area contributed by atoms with Gasteiger partial charge in [-0.15, -0.1) is 11.3 Å². The number of thiophene rings is 1. The maximum atomic E-state index is 14.1. The summed E-state index contributed by atoms with van der Waals surface area (Å²) in [5.74, 6) is -0.327. The first-order chi connectivity index (χ1) is 17.2. The lowest BCUT2D eigenvalue weighted by Crippen LogP contribution is -2.48. The summed E-state index contributed by atoms with van der Waals surface area (Å²) in [6.45, 7) is 2.11. The van der Waals surface area contributed by atoms with Crippen molar-refractivity contribution in [1.82, 2.24) is 4.90 Å². The van der Waals surface area contributed by atoms with Crippen LogP contribution in [0.15, 0.2) is 82.2 Å². The van der Waals surface area contributed by atoms with Crippen LogP contribution in [-0.2, 0) is 10.0 Å². The van der Waals surface area contributed by atoms with Crippen LogP contribution < -0.4 is 9.21 Å². The van der Waals surface area contributed by atoms with Gasteiger partial charge in [0.15, 0.2) is 0 Å². The number of anilines is 2. The Balaban J connectivity index is 1.32. The zero-order chi connectivity index (χ0) is 25.4. The smallest absolute Gasteiger partial charge is 0.264 e. The van der Waals surface area contributed by atoms with Gasteiger partial charge in [0.2, 0.25) is 0 Å². The van der Waals surface area contributed by atoms with Gasteiger partial charge in [0, 0.05) is 42.4 Å². The van der Waals surface area contributed by atoms with Gasteiger partial charge in [0.1, 0.15) is 5.82 Å². The number of hydrogen-bond acceptors (Lipinski definition) is 5. The van der Waals surface area contributed by atoms with Crippen molar-refractivity contribution in [2.45, 2.75) is 4.90 Å². The monoisotopic (exact) mass is 587 g/mol. The average molecular weight is 589 g/mol. The summed E-state index contributed by atoms with van der Waals surface area (Å²) in [5.41, 5.74) is 1.07. The first-order valence-corrected chi connectivity index (χ1v) is 14.4. The number of fused-ring (bicyclic) bond motifs is 1. The van der Waals surface area contributed by atoms with Crippen molar-refractivity contribution in [3.05, 3.63) is 88.0 Å². The average Bonchev–Trinajstić information content (AvgIpc) is 3.32. The molecule has 1 amide bonds. The molecule has 186 valence electrons. The van der Waals surface area contributed by atoms with E-state index >= 15 is 0 Å². The van der Waals surface area contributed by atoms with E-state index in [1.165, 1.54) is 28.8 Å². The van der Waals surface area contributed by atoms with Crippen LogP contribution >= 0.6 is 27.3 Å². The number of halogens is 2. The predicted molar refractivity (Wildman–Crippen MR) is 146 cm³/mol. The summed E-state index contributed by atoms with van der Waals surface area (Å²) in [6, 6.07) is 20.4. The second-order valence-electron chi connectivity index (χ2n) is 8.49. The first kappa shape index (κ1) is 24.7. The summed E-state index contributed by atoms with van der Waals surface area (Å²) < 4.78 is 43.2. The molecular weight excluding hydrogens is 565 g/mol. The van der Waals surface area contributed by atoms with E-state index in [9.17, 15) is 17.6 Å². The van der Waals surface area contributed by atoms with E-state index in [0.29, 0.717) is 42.4 Å². The molecule has 1 aromatic heterocycles. The minimum absolute atomic E-state index is 0.0678. The van der Waals surface area contributed by atoms with Crippen molar-refractivity contribution in [1.29, 1.82) is 0 Å². The van der Waals surface area contributed by atoms with Crippen LogP contribution in [0, 0.1) is 5.82 Å². The van der Waals surface area contributed by atoms with Gasteiger partial charge < -0.3 is 9.80 Å². The highest BCUT2D eigenvalue weighted by atomic mass is 79.9. The van der Waals surface area contributed by atoms with Gasteiger partial charge in [-0.3, -0.25) is 9.10 Å². The fourth-order valence-corrected chi connectivity index (χ4v) is 6.71. The van der Waals surface area contributed by atoms with Crippen molar-refractivity contribution in [3.63, 3.8) is 0 Å². The van der Waals surface area contributed by atoms with Gasteiger partial charge >= 0.3 is 0 Å². The molecule has 1 fully saturated rings. The molecule has 1 aliphatic rings. The topological polar surface area (TPSA) is 60.9 Å². The van der Waals surface area contributed by atoms with E-state index in [1.54, 1.807) is 53.4 Å². The summed E-state index contributed by atoms with van der Waals surface area (Å²) in [5, 5.41) is 0.809. The molecule has 3 aromatic carbocycles. The normalized spacial score (nSPS) is 14.3. The molecule has 1 saturated heterocycles. The number of carbonyl (C=O) groups is 1. The van der Waals surface area contributed by atoms with Crippen molar-refractivity contribution in [2.75, 3.05) is 42.4 Å². The Kier molecular flexibility index (Phi) is 6.76. The number of sulfonamides is 1. The van der Waals surface area contributed by atoms with E-state index in [-0.39, 0.29) is 16.6 Å². The fourth-order valence-electron chi connectivity index (χ4n) is 4.25. The SMILES string of the molecule is CN(c1ccc2sc(C(=O)N3CCN(c4ccccc4F)CC3)cc2c1)S(=O)(=O)c1ccc(Br)cc1. The highest BCUT2D eigenvalue weighted by Crippen LogP contribution is 2.32. The zero-order valence-corrected chi connectivity index (χ0v) is 22.6. The number of hydrogen-bond donors (Lipinski definition) is 0. The van der Waals surface area contributed by atoms with E-state index in [4.69, 9.17) is 0 Å². The molecule has 5 rings (SSSR count). The summed E-state index contributed by atoms with van der Waals surface area (Å²) in [7, 11) is -2.21. The van der Waals surface area contributed by atoms with Crippen LogP contribution in [0.4, 0.5) is 15.8 Å². The molecule has 4 aromatic rings. The van der Waals surface area contributed by atoms with Gasteiger partial charge in [-0.2, -0.15) is 0 Å². The maximum absolute atomic E-state index is 14.1. The number of rotatable bonds is 5. The third-order valence-electron chi connectivity index (χ3n) is 6.31. The van der Waals surface area contributed by atoms with Crippen molar-refractivity contribution in [3.8, 4) is 0 Å². The number of carbonyl (C=O) groups excluding carboxylic acids is 1. The third kappa shape index (κ3) is 4.72. The lowest BCUT2D eigenvalue weighted by Gasteiger charge is -2.36. The minimum atomic E-state index is -3.73. The van der Waals surface area contributed by atoms with E-state index < -0.39 is 10.0 Å². The van der Waals surface area contributed by atoms with Gasteiger partial charge in [0.25, 0.3) is 15.9 Å². The molecule has 10 heteroatoms. The molecule has 0 unspecified atom stereocenters. The Hall–Kier alpha value is -2.95. The highest BCUT2D eigenvalue weighted by molar-refractivity contribution is 9.10. The third-order valence-corrected chi connectivity index (χ3v) is 9.74. The number of amides is 1. The highest BCUT2D eigenvalue weighted by Gasteiger charge is 2.26. The van der Waals surface area contributed by atoms with Crippen LogP contribution in [0.1, 0.15) is 9.67 Å². The summed E-state index contributed by atoms with van der Waals surface area (Å²) in [4.78, 5) is 17.7. The van der Waals surface area contributed by atoms with Crippen LogP contribution in [-0.4, -0.2) is 52.5 Å². The molecule has 0 radical (unpaired) electrons. The van der Waals surface area contributed by atoms with Gasteiger partial charge in [-0.25, -0.2) is 12.8 Å². The van der Waals surface area contributed by atoms with Crippen LogP contribution in [0.5, 0.6) is 0 Å². The van der Waals surface area contributed by atoms with Gasteiger partial charge in [-0.05, 0) is 66.0 Å². The van der Waals surface area contributed by atoms with Crippen LogP contribution in [0.2, 0.25) is 0 Å².